The molecule has 5 aliphatic heterocycles. The van der Waals surface area contributed by atoms with Crippen LogP contribution in [-0.4, -0.2) is 121 Å². The van der Waals surface area contributed by atoms with Crippen LogP contribution in [0.25, 0.3) is 33.0 Å². The van der Waals surface area contributed by atoms with Crippen LogP contribution in [0.3, 0.4) is 0 Å². The van der Waals surface area contributed by atoms with E-state index in [1.54, 1.807) is 44.2 Å². The fourth-order valence-electron chi connectivity index (χ4n) is 9.17. The molecule has 0 unspecified atom stereocenters. The van der Waals surface area contributed by atoms with Gasteiger partial charge in [-0.25, -0.2) is 4.98 Å². The molecule has 17 heteroatoms. The number of carbonyl (C=O) groups is 3. The Labute approximate surface area is 374 Å². The van der Waals surface area contributed by atoms with E-state index < -0.39 is 71.1 Å². The molecule has 1 aromatic heterocycles. The highest BCUT2D eigenvalue weighted by molar-refractivity contribution is 6.26. The van der Waals surface area contributed by atoms with Crippen molar-refractivity contribution < 1.29 is 62.2 Å². The number of allylic oxidation sites excluding steroid dienone is 2. The lowest BCUT2D eigenvalue weighted by Crippen LogP contribution is -2.46. The van der Waals surface area contributed by atoms with Crippen LogP contribution in [0.15, 0.2) is 63.6 Å². The normalized spacial score (nSPS) is 30.6. The zero-order chi connectivity index (χ0) is 46.5. The third-order valence-electron chi connectivity index (χ3n) is 13.0. The maximum absolute atomic E-state index is 14.7. The summed E-state index contributed by atoms with van der Waals surface area (Å²) in [5.74, 6) is -5.48. The number of esters is 1. The second-order valence-corrected chi connectivity index (χ2v) is 17.4. The van der Waals surface area contributed by atoms with Gasteiger partial charge in [0.1, 0.15) is 47.0 Å². The second-order valence-electron chi connectivity index (χ2n) is 17.4. The van der Waals surface area contributed by atoms with Crippen LogP contribution in [0, 0.1) is 24.7 Å². The lowest BCUT2D eigenvalue weighted by molar-refractivity contribution is -0.168. The summed E-state index contributed by atoms with van der Waals surface area (Å²) in [5.41, 5.74) is -0.352. The van der Waals surface area contributed by atoms with E-state index in [9.17, 15) is 29.4 Å². The van der Waals surface area contributed by atoms with Crippen molar-refractivity contribution in [2.75, 3.05) is 51.9 Å². The van der Waals surface area contributed by atoms with Gasteiger partial charge in [-0.1, -0.05) is 39.0 Å². The number of methoxy groups -OCH3 is 1. The monoisotopic (exact) mass is 897 g/mol. The molecule has 6 heterocycles. The SMILES string of the molecule is CO[C@H]1/C=C/O[C@@]2(C)Oc3c(C)c(=O)c4c(O)c(c5oc6cc(OCCN7CCOCC7)ccc6nc5c4c3C2=O)NC(=O)/C(C)=C\C=C\[C@H](C)[C@@H]2O[C@H]([C@H](O)[C@@H]2C)[C@H](OC(C)=O)[C@@H]1C. The van der Waals surface area contributed by atoms with E-state index >= 15 is 0 Å². The number of Topliss-reactive ketones (excluding diaryl/α,β-unsaturated/α-hetero) is 1. The number of ether oxygens (including phenoxy) is 7. The Balaban J connectivity index is 1.28. The Hall–Kier alpha value is -5.85. The Morgan fingerprint density at radius 1 is 1.05 bits per heavy atom. The van der Waals surface area contributed by atoms with Crippen LogP contribution in [0.5, 0.6) is 17.2 Å². The number of nitrogens with one attached hydrogen (secondary N) is 1. The van der Waals surface area contributed by atoms with Gasteiger partial charge < -0.3 is 53.1 Å². The highest BCUT2D eigenvalue weighted by atomic mass is 16.7. The largest absolute Gasteiger partial charge is 0.505 e. The van der Waals surface area contributed by atoms with Crippen molar-refractivity contribution in [1.82, 2.24) is 9.88 Å². The maximum Gasteiger partial charge on any atom is 0.312 e. The van der Waals surface area contributed by atoms with Gasteiger partial charge in [0.2, 0.25) is 0 Å². The molecule has 1 amide bonds. The summed E-state index contributed by atoms with van der Waals surface area (Å²) in [5, 5.41) is 26.0. The second kappa shape index (κ2) is 18.2. The number of fused-ring (bicyclic) bond motifs is 9. The molecular formula is C48H55N3O14. The summed E-state index contributed by atoms with van der Waals surface area (Å²) < 4.78 is 48.4. The number of nitrogens with zero attached hydrogens (tertiary/aromatic N) is 2. The van der Waals surface area contributed by atoms with Gasteiger partial charge in [0.05, 0.1) is 48.7 Å². The average Bonchev–Trinajstić information content (AvgIpc) is 3.73. The van der Waals surface area contributed by atoms with Crippen molar-refractivity contribution >= 4 is 56.3 Å². The molecule has 0 saturated carbocycles. The van der Waals surface area contributed by atoms with E-state index in [1.807, 2.05) is 19.9 Å². The average molecular weight is 898 g/mol. The van der Waals surface area contributed by atoms with Crippen LogP contribution in [0.4, 0.5) is 5.69 Å². The number of carbonyl (C=O) groups excluding carboxylic acids is 3. The van der Waals surface area contributed by atoms with Crippen LogP contribution in [-0.2, 0) is 33.3 Å². The number of phenols is 1. The molecule has 9 atom stereocenters. The number of hydrogen-bond acceptors (Lipinski definition) is 16. The molecule has 17 nitrogen and oxygen atoms in total. The molecule has 0 radical (unpaired) electrons. The van der Waals surface area contributed by atoms with E-state index in [1.165, 1.54) is 40.2 Å². The molecule has 7 bridgehead atoms. The van der Waals surface area contributed by atoms with E-state index in [0.717, 1.165) is 13.1 Å². The van der Waals surface area contributed by atoms with Gasteiger partial charge in [-0.2, -0.15) is 0 Å². The van der Waals surface area contributed by atoms with E-state index in [2.05, 4.69) is 10.2 Å². The summed E-state index contributed by atoms with van der Waals surface area (Å²) in [4.78, 5) is 62.7. The number of aliphatic hydroxyl groups excluding tert-OH is 1. The van der Waals surface area contributed by atoms with Crippen LogP contribution >= 0.6 is 0 Å². The molecule has 2 saturated heterocycles. The predicted molar refractivity (Wildman–Crippen MR) is 238 cm³/mol. The van der Waals surface area contributed by atoms with Crippen LogP contribution in [0.2, 0.25) is 0 Å². The highest BCUT2D eigenvalue weighted by Gasteiger charge is 2.51. The molecule has 2 fully saturated rings. The molecule has 4 aromatic rings. The number of morpholine rings is 1. The van der Waals surface area contributed by atoms with Crippen LogP contribution in [0.1, 0.15) is 57.5 Å². The van der Waals surface area contributed by atoms with Crippen molar-refractivity contribution in [3.8, 4) is 17.2 Å². The van der Waals surface area contributed by atoms with Gasteiger partial charge in [-0.3, -0.25) is 24.1 Å². The summed E-state index contributed by atoms with van der Waals surface area (Å²) in [7, 11) is 1.45. The lowest BCUT2D eigenvalue weighted by atomic mass is 9.86. The van der Waals surface area contributed by atoms with Gasteiger partial charge in [-0.15, -0.1) is 0 Å². The first-order valence-corrected chi connectivity index (χ1v) is 21.8. The van der Waals surface area contributed by atoms with Gasteiger partial charge in [0.15, 0.2) is 22.3 Å². The Morgan fingerprint density at radius 3 is 2.52 bits per heavy atom. The molecule has 0 aliphatic carbocycles. The fraction of sp³-hybridized carbons (Fsp3) is 0.479. The standard InChI is InChI=1S/C48H55N3O14/c1-23-10-9-11-24(2)47(57)50-37-40(55)34-33(36-44(37)63-32-22-29(12-13-30(32)49-36)60-21-17-51-15-19-59-20-16-51)35-42(26(4)38(34)53)65-48(7,46(35)56)61-18-14-31(58-8)25(3)43(62-28(6)52)45-39(54)27(5)41(23)64-45/h9-14,18,22-23,25,27,31,39,41,43,45,54-55H,15-17,19-21H2,1-8H3,(H,50,57)/b10-9+,18-14+,24-11-/t23-,25+,27-,31-,39+,41-,43+,45+,48-/m0/s1. The number of aliphatic hydroxyl groups is 1. The number of aromatic nitrogens is 1. The minimum Gasteiger partial charge on any atom is -0.505 e. The number of ketones is 1. The molecule has 3 aromatic carbocycles. The predicted octanol–water partition coefficient (Wildman–Crippen LogP) is 5.48. The first-order valence-electron chi connectivity index (χ1n) is 21.8. The van der Waals surface area contributed by atoms with Crippen molar-refractivity contribution in [2.45, 2.75) is 84.8 Å². The summed E-state index contributed by atoms with van der Waals surface area (Å²) >= 11 is 0. The zero-order valence-corrected chi connectivity index (χ0v) is 37.7. The van der Waals surface area contributed by atoms with Gasteiger partial charge in [0.25, 0.3) is 11.7 Å². The molecular weight excluding hydrogens is 843 g/mol. The fourth-order valence-corrected chi connectivity index (χ4v) is 9.17. The topological polar surface area (TPSA) is 215 Å². The molecule has 65 heavy (non-hydrogen) atoms. The van der Waals surface area contributed by atoms with Crippen molar-refractivity contribution in [3.63, 3.8) is 0 Å². The van der Waals surface area contributed by atoms with Gasteiger partial charge >= 0.3 is 11.8 Å². The molecule has 346 valence electrons. The van der Waals surface area contributed by atoms with Gasteiger partial charge in [-0.05, 0) is 32.1 Å². The third kappa shape index (κ3) is 8.47. The van der Waals surface area contributed by atoms with Crippen molar-refractivity contribution in [1.29, 1.82) is 0 Å². The summed E-state index contributed by atoms with van der Waals surface area (Å²) in [6.07, 6.45) is 3.62. The minimum absolute atomic E-state index is 0.000682. The first kappa shape index (κ1) is 45.7. The van der Waals surface area contributed by atoms with E-state index in [0.29, 0.717) is 37.6 Å². The van der Waals surface area contributed by atoms with Crippen LogP contribution < -0.4 is 20.2 Å². The number of aromatic hydroxyl groups is 1. The number of hydrogen-bond donors (Lipinski definition) is 3. The van der Waals surface area contributed by atoms with Gasteiger partial charge in [0, 0.05) is 80.9 Å². The first-order chi connectivity index (χ1) is 31.0. The lowest BCUT2D eigenvalue weighted by Gasteiger charge is -2.33. The molecule has 0 spiro atoms. The molecule has 5 aliphatic rings. The number of anilines is 1. The quantitative estimate of drug-likeness (QED) is 0.0946. The Morgan fingerprint density at radius 2 is 1.80 bits per heavy atom. The Bertz CT molecular complexity index is 2700. The van der Waals surface area contributed by atoms with Crippen molar-refractivity contribution in [2.24, 2.45) is 17.8 Å². The zero-order valence-electron chi connectivity index (χ0n) is 37.7. The summed E-state index contributed by atoms with van der Waals surface area (Å²) in [6.45, 7) is 15.2. The van der Waals surface area contributed by atoms with E-state index in [-0.39, 0.29) is 67.4 Å². The van der Waals surface area contributed by atoms with E-state index in [4.69, 9.17) is 42.6 Å². The maximum atomic E-state index is 14.7. The molecule has 3 N–H and O–H groups in total. The molecule has 9 rings (SSSR count). The Kier molecular flexibility index (Phi) is 12.8. The number of phenolic OH excluding ortho intramolecular Hbond substituents is 1. The number of benzene rings is 3. The highest BCUT2D eigenvalue weighted by Crippen LogP contribution is 2.48. The summed E-state index contributed by atoms with van der Waals surface area (Å²) in [6, 6.07) is 5.05. The third-order valence-corrected chi connectivity index (χ3v) is 13.0. The number of amides is 1. The smallest absolute Gasteiger partial charge is 0.312 e. The number of rotatable bonds is 6. The van der Waals surface area contributed by atoms with Crippen molar-refractivity contribution in [3.05, 3.63) is 75.7 Å². The minimum atomic E-state index is -2.04.